The summed E-state index contributed by atoms with van der Waals surface area (Å²) in [7, 11) is 0. The van der Waals surface area contributed by atoms with Crippen molar-refractivity contribution < 1.29 is 4.74 Å². The van der Waals surface area contributed by atoms with Crippen molar-refractivity contribution in [3.8, 4) is 5.75 Å². The Morgan fingerprint density at radius 1 is 1.32 bits per heavy atom. The zero-order valence-corrected chi connectivity index (χ0v) is 12.1. The number of halogens is 1. The summed E-state index contributed by atoms with van der Waals surface area (Å²) in [6, 6.07) is 12.3. The van der Waals surface area contributed by atoms with E-state index >= 15 is 0 Å². The van der Waals surface area contributed by atoms with E-state index in [9.17, 15) is 0 Å². The number of benzene rings is 1. The van der Waals surface area contributed by atoms with Gasteiger partial charge in [-0.3, -0.25) is 0 Å². The summed E-state index contributed by atoms with van der Waals surface area (Å²) in [6.07, 6.45) is 1.85. The normalized spacial score (nSPS) is 19.6. The van der Waals surface area contributed by atoms with Crippen molar-refractivity contribution in [2.45, 2.75) is 24.8 Å². The highest BCUT2D eigenvalue weighted by Gasteiger charge is 2.26. The zero-order chi connectivity index (χ0) is 13.2. The van der Waals surface area contributed by atoms with E-state index in [2.05, 4.69) is 18.2 Å². The van der Waals surface area contributed by atoms with Crippen molar-refractivity contribution in [3.05, 3.63) is 51.2 Å². The maximum absolute atomic E-state index is 6.41. The summed E-state index contributed by atoms with van der Waals surface area (Å²) in [4.78, 5) is 1.25. The summed E-state index contributed by atoms with van der Waals surface area (Å²) in [6.45, 7) is 0.751. The summed E-state index contributed by atoms with van der Waals surface area (Å²) in [5, 5.41) is 0. The van der Waals surface area contributed by atoms with Crippen LogP contribution in [0, 0.1) is 0 Å². The lowest BCUT2D eigenvalue weighted by atomic mass is 9.85. The monoisotopic (exact) mass is 293 g/mol. The van der Waals surface area contributed by atoms with Crippen molar-refractivity contribution in [2.24, 2.45) is 5.73 Å². The Hall–Kier alpha value is -1.03. The van der Waals surface area contributed by atoms with Crippen LogP contribution >= 0.6 is 22.9 Å². The molecule has 3 rings (SSSR count). The fourth-order valence-electron chi connectivity index (χ4n) is 2.65. The van der Waals surface area contributed by atoms with E-state index < -0.39 is 0 Å². The molecule has 100 valence electrons. The third-order valence-corrected chi connectivity index (χ3v) is 4.84. The number of fused-ring (bicyclic) bond motifs is 1. The quantitative estimate of drug-likeness (QED) is 0.933. The molecule has 19 heavy (non-hydrogen) atoms. The molecular formula is C15H16ClNOS. The molecule has 1 aliphatic rings. The first-order valence-electron chi connectivity index (χ1n) is 6.45. The zero-order valence-electron chi connectivity index (χ0n) is 10.5. The van der Waals surface area contributed by atoms with Gasteiger partial charge >= 0.3 is 0 Å². The molecule has 0 amide bonds. The van der Waals surface area contributed by atoms with Gasteiger partial charge in [0, 0.05) is 16.8 Å². The van der Waals surface area contributed by atoms with Gasteiger partial charge < -0.3 is 10.5 Å². The lowest BCUT2D eigenvalue weighted by Gasteiger charge is -2.30. The Morgan fingerprint density at radius 2 is 2.16 bits per heavy atom. The van der Waals surface area contributed by atoms with Crippen molar-refractivity contribution in [1.82, 2.24) is 0 Å². The molecule has 1 aromatic carbocycles. The van der Waals surface area contributed by atoms with Crippen LogP contribution in [0.2, 0.25) is 4.34 Å². The second-order valence-corrected chi connectivity index (χ2v) is 6.65. The Balaban J connectivity index is 1.79. The first kappa shape index (κ1) is 13.0. The molecule has 0 saturated heterocycles. The van der Waals surface area contributed by atoms with E-state index in [1.807, 2.05) is 18.2 Å². The predicted molar refractivity (Wildman–Crippen MR) is 80.3 cm³/mol. The third-order valence-electron chi connectivity index (χ3n) is 3.59. The summed E-state index contributed by atoms with van der Waals surface area (Å²) >= 11 is 7.58. The van der Waals surface area contributed by atoms with E-state index in [-0.39, 0.29) is 6.04 Å². The Labute approximate surface area is 122 Å². The molecule has 4 heteroatoms. The minimum absolute atomic E-state index is 0.111. The molecule has 0 bridgehead atoms. The molecule has 2 aromatic rings. The van der Waals surface area contributed by atoms with Gasteiger partial charge in [0.15, 0.2) is 0 Å². The molecule has 0 spiro atoms. The standard InChI is InChI=1S/C15H16ClNOS/c16-15-6-5-10(19-15)9-13(17)11-7-8-18-14-4-2-1-3-12(11)14/h1-6,11,13H,7-9,17H2. The number of nitrogens with two attached hydrogens (primary N) is 1. The van der Waals surface area contributed by atoms with E-state index in [0.717, 1.165) is 29.5 Å². The van der Waals surface area contributed by atoms with Crippen LogP contribution in [0.1, 0.15) is 22.8 Å². The Morgan fingerprint density at radius 3 is 2.95 bits per heavy atom. The van der Waals surface area contributed by atoms with Gasteiger partial charge in [0.2, 0.25) is 0 Å². The Bertz CT molecular complexity index is 569. The summed E-state index contributed by atoms with van der Waals surface area (Å²) < 4.78 is 6.51. The number of ether oxygens (including phenoxy) is 1. The predicted octanol–water partition coefficient (Wildman–Crippen LogP) is 3.84. The molecule has 0 fully saturated rings. The van der Waals surface area contributed by atoms with Crippen LogP contribution in [0.4, 0.5) is 0 Å². The van der Waals surface area contributed by atoms with Gasteiger partial charge in [-0.15, -0.1) is 11.3 Å². The molecule has 2 nitrogen and oxygen atoms in total. The topological polar surface area (TPSA) is 35.2 Å². The second kappa shape index (κ2) is 5.53. The van der Waals surface area contributed by atoms with Crippen molar-refractivity contribution >= 4 is 22.9 Å². The van der Waals surface area contributed by atoms with Crippen LogP contribution in [0.15, 0.2) is 36.4 Å². The van der Waals surface area contributed by atoms with Gasteiger partial charge in [-0.05, 0) is 36.6 Å². The number of rotatable bonds is 3. The van der Waals surface area contributed by atoms with E-state index in [4.69, 9.17) is 22.1 Å². The largest absolute Gasteiger partial charge is 0.493 e. The molecule has 2 heterocycles. The minimum Gasteiger partial charge on any atom is -0.493 e. The van der Waals surface area contributed by atoms with Gasteiger partial charge in [-0.2, -0.15) is 0 Å². The molecule has 0 aliphatic carbocycles. The molecular weight excluding hydrogens is 278 g/mol. The number of hydrogen-bond acceptors (Lipinski definition) is 3. The second-order valence-electron chi connectivity index (χ2n) is 4.86. The number of thiophene rings is 1. The van der Waals surface area contributed by atoms with Crippen LogP contribution in [0.25, 0.3) is 0 Å². The van der Waals surface area contributed by atoms with Crippen LogP contribution in [0.5, 0.6) is 5.75 Å². The fraction of sp³-hybridized carbons (Fsp3) is 0.333. The van der Waals surface area contributed by atoms with Crippen LogP contribution < -0.4 is 10.5 Å². The average Bonchev–Trinajstić information content (AvgIpc) is 2.83. The fourth-order valence-corrected chi connectivity index (χ4v) is 3.81. The molecule has 2 unspecified atom stereocenters. The molecule has 1 aromatic heterocycles. The highest BCUT2D eigenvalue weighted by atomic mass is 35.5. The lowest BCUT2D eigenvalue weighted by Crippen LogP contribution is -2.33. The van der Waals surface area contributed by atoms with Gasteiger partial charge in [-0.1, -0.05) is 29.8 Å². The van der Waals surface area contributed by atoms with Gasteiger partial charge in [-0.25, -0.2) is 0 Å². The Kier molecular flexibility index (Phi) is 3.78. The highest BCUT2D eigenvalue weighted by molar-refractivity contribution is 7.16. The van der Waals surface area contributed by atoms with Crippen molar-refractivity contribution in [2.75, 3.05) is 6.61 Å². The molecule has 2 N–H and O–H groups in total. The van der Waals surface area contributed by atoms with Crippen LogP contribution in [0.3, 0.4) is 0 Å². The van der Waals surface area contributed by atoms with Crippen molar-refractivity contribution in [3.63, 3.8) is 0 Å². The van der Waals surface area contributed by atoms with E-state index in [1.165, 1.54) is 10.4 Å². The van der Waals surface area contributed by atoms with Crippen molar-refractivity contribution in [1.29, 1.82) is 0 Å². The van der Waals surface area contributed by atoms with Gasteiger partial charge in [0.05, 0.1) is 10.9 Å². The van der Waals surface area contributed by atoms with E-state index in [0.29, 0.717) is 5.92 Å². The average molecular weight is 294 g/mol. The van der Waals surface area contributed by atoms with E-state index in [1.54, 1.807) is 11.3 Å². The maximum Gasteiger partial charge on any atom is 0.122 e. The minimum atomic E-state index is 0.111. The lowest BCUT2D eigenvalue weighted by molar-refractivity contribution is 0.255. The van der Waals surface area contributed by atoms with Crippen LogP contribution in [-0.2, 0) is 6.42 Å². The molecule has 1 aliphatic heterocycles. The smallest absolute Gasteiger partial charge is 0.122 e. The third kappa shape index (κ3) is 2.78. The van der Waals surface area contributed by atoms with Gasteiger partial charge in [0.1, 0.15) is 5.75 Å². The first-order valence-corrected chi connectivity index (χ1v) is 7.65. The number of hydrogen-bond donors (Lipinski definition) is 1. The molecule has 2 atom stereocenters. The molecule has 0 radical (unpaired) electrons. The number of para-hydroxylation sites is 1. The first-order chi connectivity index (χ1) is 9.24. The van der Waals surface area contributed by atoms with Crippen LogP contribution in [-0.4, -0.2) is 12.6 Å². The highest BCUT2D eigenvalue weighted by Crippen LogP contribution is 2.36. The summed E-state index contributed by atoms with van der Waals surface area (Å²) in [5.74, 6) is 1.35. The summed E-state index contributed by atoms with van der Waals surface area (Å²) in [5.41, 5.74) is 7.65. The SMILES string of the molecule is NC(Cc1ccc(Cl)s1)C1CCOc2ccccc21. The van der Waals surface area contributed by atoms with Gasteiger partial charge in [0.25, 0.3) is 0 Å². The molecule has 0 saturated carbocycles. The maximum atomic E-state index is 6.41.